The molecule has 1 fully saturated rings. The van der Waals surface area contributed by atoms with E-state index in [1.165, 1.54) is 4.80 Å². The molecule has 1 N–H and O–H groups in total. The smallest absolute Gasteiger partial charge is 0.309 e. The molecule has 0 spiro atoms. The SMILES string of the molecule is Cn1nnc(-c2ccc(C(C(=O)Nc3ncc(C(F)(F)F)cc3Cl)C3CCC(F)(F)C3)cc2)n1. The fourth-order valence-electron chi connectivity index (χ4n) is 4.02. The molecule has 1 aromatic carbocycles. The first-order valence-corrected chi connectivity index (χ1v) is 10.6. The third-order valence-corrected chi connectivity index (χ3v) is 5.93. The molecule has 0 aliphatic heterocycles. The fourth-order valence-corrected chi connectivity index (χ4v) is 4.24. The van der Waals surface area contributed by atoms with Crippen LogP contribution in [0.1, 0.15) is 36.3 Å². The number of pyridine rings is 1. The molecule has 1 aliphatic rings. The Morgan fingerprint density at radius 1 is 1.26 bits per heavy atom. The van der Waals surface area contributed by atoms with E-state index in [4.69, 9.17) is 11.6 Å². The minimum atomic E-state index is -4.66. The highest BCUT2D eigenvalue weighted by Crippen LogP contribution is 2.46. The van der Waals surface area contributed by atoms with E-state index < -0.39 is 46.8 Å². The van der Waals surface area contributed by atoms with Crippen LogP contribution in [0.4, 0.5) is 27.8 Å². The predicted octanol–water partition coefficient (Wildman–Crippen LogP) is 5.10. The van der Waals surface area contributed by atoms with Gasteiger partial charge >= 0.3 is 6.18 Å². The highest BCUT2D eigenvalue weighted by molar-refractivity contribution is 6.33. The van der Waals surface area contributed by atoms with Gasteiger partial charge in [0.2, 0.25) is 17.7 Å². The summed E-state index contributed by atoms with van der Waals surface area (Å²) in [5, 5.41) is 13.7. The summed E-state index contributed by atoms with van der Waals surface area (Å²) in [5.41, 5.74) is -0.00761. The molecule has 0 saturated heterocycles. The van der Waals surface area contributed by atoms with E-state index in [1.807, 2.05) is 0 Å². The Bertz CT molecular complexity index is 1200. The second-order valence-electron chi connectivity index (χ2n) is 8.10. The number of amides is 1. The number of carbonyl (C=O) groups excluding carboxylic acids is 1. The van der Waals surface area contributed by atoms with Gasteiger partial charge in [-0.1, -0.05) is 35.9 Å². The van der Waals surface area contributed by atoms with Gasteiger partial charge in [-0.25, -0.2) is 13.8 Å². The number of nitrogens with one attached hydrogen (secondary N) is 1. The normalized spacial score (nSPS) is 18.6. The summed E-state index contributed by atoms with van der Waals surface area (Å²) in [5.74, 6) is -5.22. The molecule has 0 radical (unpaired) electrons. The van der Waals surface area contributed by atoms with Gasteiger partial charge in [-0.2, -0.15) is 18.0 Å². The number of rotatable bonds is 5. The van der Waals surface area contributed by atoms with Crippen LogP contribution in [-0.4, -0.2) is 37.0 Å². The van der Waals surface area contributed by atoms with Crippen molar-refractivity contribution in [3.63, 3.8) is 0 Å². The molecule has 2 aromatic heterocycles. The van der Waals surface area contributed by atoms with Gasteiger partial charge in [-0.15, -0.1) is 10.2 Å². The number of hydrogen-bond donors (Lipinski definition) is 1. The number of aromatic nitrogens is 5. The van der Waals surface area contributed by atoms with Crippen LogP contribution in [0.5, 0.6) is 0 Å². The maximum absolute atomic E-state index is 14.0. The third-order valence-electron chi connectivity index (χ3n) is 5.64. The average molecular weight is 501 g/mol. The van der Waals surface area contributed by atoms with Gasteiger partial charge in [-0.05, 0) is 29.2 Å². The van der Waals surface area contributed by atoms with E-state index in [0.29, 0.717) is 29.2 Å². The molecular formula is C21H18ClF5N6O. The molecule has 2 heterocycles. The molecule has 1 aliphatic carbocycles. The molecular weight excluding hydrogens is 483 g/mol. The van der Waals surface area contributed by atoms with Crippen LogP contribution in [-0.2, 0) is 18.0 Å². The van der Waals surface area contributed by atoms with Crippen molar-refractivity contribution in [3.8, 4) is 11.4 Å². The van der Waals surface area contributed by atoms with Gasteiger partial charge in [0.05, 0.1) is 23.6 Å². The lowest BCUT2D eigenvalue weighted by Gasteiger charge is -2.23. The first kappa shape index (κ1) is 24.0. The van der Waals surface area contributed by atoms with Gasteiger partial charge in [-0.3, -0.25) is 4.79 Å². The van der Waals surface area contributed by atoms with Crippen LogP contribution in [0.25, 0.3) is 11.4 Å². The molecule has 1 saturated carbocycles. The summed E-state index contributed by atoms with van der Waals surface area (Å²) in [7, 11) is 1.60. The zero-order valence-corrected chi connectivity index (χ0v) is 18.4. The average Bonchev–Trinajstić information content (AvgIpc) is 3.34. The number of carbonyl (C=O) groups is 1. The van der Waals surface area contributed by atoms with Crippen molar-refractivity contribution >= 4 is 23.3 Å². The Labute approximate surface area is 195 Å². The van der Waals surface area contributed by atoms with Crippen LogP contribution in [0, 0.1) is 5.92 Å². The molecule has 180 valence electrons. The molecule has 4 rings (SSSR count). The van der Waals surface area contributed by atoms with Gasteiger partial charge in [0, 0.05) is 24.6 Å². The highest BCUT2D eigenvalue weighted by Gasteiger charge is 2.45. The topological polar surface area (TPSA) is 85.6 Å². The van der Waals surface area contributed by atoms with Crippen molar-refractivity contribution in [1.29, 1.82) is 0 Å². The number of aryl methyl sites for hydroxylation is 1. The van der Waals surface area contributed by atoms with E-state index in [-0.39, 0.29) is 18.7 Å². The molecule has 7 nitrogen and oxygen atoms in total. The van der Waals surface area contributed by atoms with Crippen molar-refractivity contribution in [2.24, 2.45) is 13.0 Å². The zero-order chi connectivity index (χ0) is 24.7. The molecule has 2 unspecified atom stereocenters. The van der Waals surface area contributed by atoms with Crippen molar-refractivity contribution < 1.29 is 26.7 Å². The van der Waals surface area contributed by atoms with Gasteiger partial charge < -0.3 is 5.32 Å². The second kappa shape index (κ2) is 8.90. The Hall–Kier alpha value is -3.15. The van der Waals surface area contributed by atoms with Crippen LogP contribution >= 0.6 is 11.6 Å². The number of tetrazole rings is 1. The quantitative estimate of drug-likeness (QED) is 0.492. The van der Waals surface area contributed by atoms with Crippen molar-refractivity contribution in [2.75, 3.05) is 5.32 Å². The Morgan fingerprint density at radius 2 is 1.97 bits per heavy atom. The monoisotopic (exact) mass is 500 g/mol. The van der Waals surface area contributed by atoms with Crippen molar-refractivity contribution in [3.05, 3.63) is 52.7 Å². The lowest BCUT2D eigenvalue weighted by molar-refractivity contribution is -0.137. The third kappa shape index (κ3) is 5.16. The minimum Gasteiger partial charge on any atom is -0.309 e. The summed E-state index contributed by atoms with van der Waals surface area (Å²) < 4.78 is 66.6. The molecule has 3 aromatic rings. The molecule has 13 heteroatoms. The molecule has 0 bridgehead atoms. The molecule has 34 heavy (non-hydrogen) atoms. The van der Waals surface area contributed by atoms with Crippen LogP contribution in [0.2, 0.25) is 5.02 Å². The number of benzene rings is 1. The lowest BCUT2D eigenvalue weighted by Crippen LogP contribution is -2.28. The van der Waals surface area contributed by atoms with E-state index in [0.717, 1.165) is 0 Å². The maximum atomic E-state index is 14.0. The fraction of sp³-hybridized carbons (Fsp3) is 0.381. The van der Waals surface area contributed by atoms with Crippen molar-refractivity contribution in [2.45, 2.75) is 37.3 Å². The molecule has 2 atom stereocenters. The first-order chi connectivity index (χ1) is 15.9. The second-order valence-corrected chi connectivity index (χ2v) is 8.51. The summed E-state index contributed by atoms with van der Waals surface area (Å²) >= 11 is 5.91. The number of alkyl halides is 5. The highest BCUT2D eigenvalue weighted by atomic mass is 35.5. The van der Waals surface area contributed by atoms with Gasteiger partial charge in [0.15, 0.2) is 5.82 Å². The zero-order valence-electron chi connectivity index (χ0n) is 17.7. The summed E-state index contributed by atoms with van der Waals surface area (Å²) in [6.45, 7) is 0. The van der Waals surface area contributed by atoms with Crippen LogP contribution in [0.3, 0.4) is 0 Å². The summed E-state index contributed by atoms with van der Waals surface area (Å²) in [6, 6.07) is 7.14. The Balaban J connectivity index is 1.62. The summed E-state index contributed by atoms with van der Waals surface area (Å²) in [4.78, 5) is 18.1. The number of nitrogens with zero attached hydrogens (tertiary/aromatic N) is 5. The standard InChI is InChI=1S/C21H18ClF5N6O/c1-33-31-17(30-32-33)12-4-2-11(3-5-12)16(13-6-7-20(23,24)9-13)19(34)29-18-15(22)8-14(10-28-18)21(25,26)27/h2-5,8,10,13,16H,6-7,9H2,1H3,(H,28,29,34). The van der Waals surface area contributed by atoms with Crippen LogP contribution < -0.4 is 5.32 Å². The number of hydrogen-bond acceptors (Lipinski definition) is 5. The Morgan fingerprint density at radius 3 is 2.50 bits per heavy atom. The number of halogens is 6. The van der Waals surface area contributed by atoms with E-state index in [1.54, 1.807) is 31.3 Å². The van der Waals surface area contributed by atoms with E-state index in [2.05, 4.69) is 25.7 Å². The summed E-state index contributed by atoms with van der Waals surface area (Å²) in [6.07, 6.45) is -4.86. The van der Waals surface area contributed by atoms with E-state index >= 15 is 0 Å². The van der Waals surface area contributed by atoms with E-state index in [9.17, 15) is 26.7 Å². The minimum absolute atomic E-state index is 0.104. The van der Waals surface area contributed by atoms with Gasteiger partial charge in [0.25, 0.3) is 0 Å². The van der Waals surface area contributed by atoms with Crippen LogP contribution in [0.15, 0.2) is 36.5 Å². The lowest BCUT2D eigenvalue weighted by atomic mass is 9.83. The predicted molar refractivity (Wildman–Crippen MR) is 112 cm³/mol. The van der Waals surface area contributed by atoms with Gasteiger partial charge in [0.1, 0.15) is 0 Å². The maximum Gasteiger partial charge on any atom is 0.417 e. The molecule has 1 amide bonds. The largest absolute Gasteiger partial charge is 0.417 e. The Kier molecular flexibility index (Phi) is 6.28. The van der Waals surface area contributed by atoms with Crippen molar-refractivity contribution in [1.82, 2.24) is 25.2 Å². The number of anilines is 1. The first-order valence-electron chi connectivity index (χ1n) is 10.2.